The molecule has 0 saturated carbocycles. The summed E-state index contributed by atoms with van der Waals surface area (Å²) in [6, 6.07) is 15.2. The Morgan fingerprint density at radius 3 is 1.20 bits per heavy atom. The van der Waals surface area contributed by atoms with Crippen LogP contribution in [0.15, 0.2) is 54.6 Å². The number of hydrogen-bond donors (Lipinski definition) is 7. The number of likely N-dealkylation sites (tertiary alicyclic amines) is 2. The summed E-state index contributed by atoms with van der Waals surface area (Å²) < 4.78 is 10.6. The summed E-state index contributed by atoms with van der Waals surface area (Å²) >= 11 is 0. The highest BCUT2D eigenvalue weighted by Crippen LogP contribution is 2.36. The molecule has 11 amide bonds. The molecule has 0 radical (unpaired) electrons. The summed E-state index contributed by atoms with van der Waals surface area (Å²) in [6.45, 7) is 16.3. The molecule has 8 N–H and O–H groups in total. The maximum atomic E-state index is 13.0. The van der Waals surface area contributed by atoms with Crippen LogP contribution in [0.25, 0.3) is 0 Å². The van der Waals surface area contributed by atoms with E-state index in [0.29, 0.717) is 106 Å². The molecular weight excluding hydrogens is 1160 g/mol. The minimum absolute atomic E-state index is 0.126. The number of nitrogens with two attached hydrogens (primary N) is 1. The van der Waals surface area contributed by atoms with E-state index in [1.807, 2.05) is 71.9 Å². The van der Waals surface area contributed by atoms with Crippen LogP contribution >= 0.6 is 0 Å². The average Bonchev–Trinajstić information content (AvgIpc) is 2.22. The number of carbonyl (C=O) groups excluding carboxylic acids is 12. The molecule has 0 aromatic heterocycles. The molecule has 3 atom stereocenters. The molecule has 12 rings (SSSR count). The van der Waals surface area contributed by atoms with Gasteiger partial charge >= 0.3 is 12.2 Å². The fourth-order valence-electron chi connectivity index (χ4n) is 12.3. The van der Waals surface area contributed by atoms with Crippen molar-refractivity contribution in [1.82, 2.24) is 45.8 Å². The maximum absolute atomic E-state index is 13.0. The summed E-state index contributed by atoms with van der Waals surface area (Å²) in [6.07, 6.45) is 5.82. The van der Waals surface area contributed by atoms with Gasteiger partial charge in [0.05, 0.1) is 0 Å². The van der Waals surface area contributed by atoms with Crippen LogP contribution in [0.2, 0.25) is 0 Å². The highest BCUT2D eigenvalue weighted by Gasteiger charge is 2.43. The third kappa shape index (κ3) is 15.9. The summed E-state index contributed by atoms with van der Waals surface area (Å²) in [5.74, 6) is -2.32. The van der Waals surface area contributed by atoms with Crippen LogP contribution in [-0.4, -0.2) is 176 Å². The van der Waals surface area contributed by atoms with E-state index in [1.54, 1.807) is 43.9 Å². The average molecular weight is 1240 g/mol. The largest absolute Gasteiger partial charge is 0.444 e. The fourth-order valence-corrected chi connectivity index (χ4v) is 12.3. The predicted molar refractivity (Wildman–Crippen MR) is 328 cm³/mol. The van der Waals surface area contributed by atoms with Gasteiger partial charge in [0.1, 0.15) is 35.1 Å². The monoisotopic (exact) mass is 1240 g/mol. The summed E-state index contributed by atoms with van der Waals surface area (Å²) in [7, 11) is 0. The predicted octanol–water partition coefficient (Wildman–Crippen LogP) is 4.49. The Morgan fingerprint density at radius 2 is 0.822 bits per heavy atom. The second-order valence-electron chi connectivity index (χ2n) is 25.8. The van der Waals surface area contributed by atoms with Gasteiger partial charge in [-0.15, -0.1) is 0 Å². The molecule has 3 unspecified atom stereocenters. The molecule has 3 aromatic carbocycles. The van der Waals surface area contributed by atoms with Crippen molar-refractivity contribution in [3.05, 3.63) is 88.0 Å². The van der Waals surface area contributed by atoms with Gasteiger partial charge in [-0.2, -0.15) is 0 Å². The molecular formula is C64H82N12O14. The molecule has 9 aliphatic heterocycles. The van der Waals surface area contributed by atoms with Crippen molar-refractivity contribution >= 4 is 88.2 Å². The van der Waals surface area contributed by atoms with Gasteiger partial charge in [-0.3, -0.25) is 63.9 Å². The van der Waals surface area contributed by atoms with Crippen molar-refractivity contribution in [3.8, 4) is 0 Å². The van der Waals surface area contributed by atoms with Crippen LogP contribution in [-0.2, 0) is 62.7 Å². The first-order chi connectivity index (χ1) is 42.7. The number of ketones is 1. The van der Waals surface area contributed by atoms with Crippen molar-refractivity contribution in [1.29, 1.82) is 0 Å². The fraction of sp³-hybridized carbons (Fsp3) is 0.531. The first kappa shape index (κ1) is 65.5. The normalized spacial score (nSPS) is 22.1. The Bertz CT molecular complexity index is 3330. The standard InChI is InChI=1S/C23H30N4O5.C18H22N4O3.C13H13N3O3.C10H17NO3/c1-23(2,3)32-22(31)26-11-9-14(10-12-26)24-17-6-4-5-15-16(17)13-27(21(15)30)18-7-8-19(28)25-20(18)29;23-16-5-4-15(17(24)21-16)22-10-13-12(18(22)25)2-1-3-14(13)20-11-6-8-19-9-7-11;14-9-3-1-2-7-8(9)6-16(13(7)19)10-4-5-11(17)15-12(10)18;1-10(2,3)14-9(13)11-6-4-8(12)5-7-11/h4-6,14,18,24H,7-13H2,1-3H3,(H,25,28,29);1-3,11,15,19-20H,4-10H2,(H,21,23,24);1-3,10H,4-6,14H2,(H,15,17,18);4-7H2,1-3H3. The van der Waals surface area contributed by atoms with Crippen molar-refractivity contribution in [2.45, 2.75) is 180 Å². The zero-order chi connectivity index (χ0) is 64.8. The van der Waals surface area contributed by atoms with Gasteiger partial charge in [0.15, 0.2) is 0 Å². The molecule has 9 aliphatic rings. The Labute approximate surface area is 522 Å². The first-order valence-electron chi connectivity index (χ1n) is 31.0. The lowest BCUT2D eigenvalue weighted by atomic mass is 10.0. The molecule has 3 aromatic rings. The molecule has 0 spiro atoms. The first-order valence-corrected chi connectivity index (χ1v) is 31.0. The molecule has 0 aliphatic carbocycles. The number of amides is 11. The number of benzene rings is 3. The summed E-state index contributed by atoms with van der Waals surface area (Å²) in [5.41, 5.74) is 11.7. The maximum Gasteiger partial charge on any atom is 0.410 e. The molecule has 482 valence electrons. The van der Waals surface area contributed by atoms with E-state index >= 15 is 0 Å². The molecule has 26 heteroatoms. The number of anilines is 3. The Hall–Kier alpha value is -8.94. The van der Waals surface area contributed by atoms with Gasteiger partial charge in [-0.1, -0.05) is 18.2 Å². The molecule has 6 fully saturated rings. The van der Waals surface area contributed by atoms with Gasteiger partial charge in [-0.05, 0) is 136 Å². The number of fused-ring (bicyclic) bond motifs is 3. The number of hydrogen-bond acceptors (Lipinski definition) is 18. The molecule has 6 saturated heterocycles. The topological polar surface area (TPSA) is 338 Å². The number of imide groups is 3. The van der Waals surface area contributed by atoms with E-state index < -0.39 is 41.1 Å². The lowest BCUT2D eigenvalue weighted by Gasteiger charge is -2.34. The number of nitrogens with zero attached hydrogens (tertiary/aromatic N) is 5. The van der Waals surface area contributed by atoms with Crippen molar-refractivity contribution in [2.75, 3.05) is 55.6 Å². The number of nitrogen functional groups attached to an aromatic ring is 1. The molecule has 9 heterocycles. The highest BCUT2D eigenvalue weighted by atomic mass is 16.6. The van der Waals surface area contributed by atoms with Crippen molar-refractivity contribution < 1.29 is 67.0 Å². The van der Waals surface area contributed by atoms with Gasteiger partial charge in [0.2, 0.25) is 35.4 Å². The zero-order valence-corrected chi connectivity index (χ0v) is 52.0. The Balaban J connectivity index is 0.000000148. The number of rotatable bonds is 7. The van der Waals surface area contributed by atoms with E-state index in [-0.39, 0.29) is 84.6 Å². The van der Waals surface area contributed by atoms with E-state index in [1.165, 1.54) is 4.90 Å². The van der Waals surface area contributed by atoms with Crippen LogP contribution in [0.5, 0.6) is 0 Å². The van der Waals surface area contributed by atoms with E-state index in [2.05, 4.69) is 31.9 Å². The number of piperidine rings is 6. The Morgan fingerprint density at radius 1 is 0.467 bits per heavy atom. The van der Waals surface area contributed by atoms with Crippen LogP contribution < -0.4 is 37.6 Å². The highest BCUT2D eigenvalue weighted by molar-refractivity contribution is 6.08. The van der Waals surface area contributed by atoms with Gasteiger partial charge in [0.25, 0.3) is 17.7 Å². The number of ether oxygens (including phenoxy) is 2. The molecule has 26 nitrogen and oxygen atoms in total. The number of Topliss-reactive ketones (excluding diaryl/α,β-unsaturated/α-hetero) is 1. The molecule has 90 heavy (non-hydrogen) atoms. The van der Waals surface area contributed by atoms with Gasteiger partial charge < -0.3 is 55.7 Å². The third-order valence-electron chi connectivity index (χ3n) is 17.0. The summed E-state index contributed by atoms with van der Waals surface area (Å²) in [5, 5.41) is 17.4. The lowest BCUT2D eigenvalue weighted by molar-refractivity contribution is -0.138. The van der Waals surface area contributed by atoms with E-state index in [0.717, 1.165) is 66.8 Å². The number of carbonyl (C=O) groups is 12. The van der Waals surface area contributed by atoms with Crippen LogP contribution in [0, 0.1) is 0 Å². The van der Waals surface area contributed by atoms with Crippen LogP contribution in [0.3, 0.4) is 0 Å². The third-order valence-corrected chi connectivity index (χ3v) is 17.0. The quantitative estimate of drug-likeness (QED) is 0.127. The smallest absolute Gasteiger partial charge is 0.410 e. The minimum atomic E-state index is -0.627. The van der Waals surface area contributed by atoms with Crippen LogP contribution in [0.4, 0.5) is 26.7 Å². The second kappa shape index (κ2) is 27.8. The zero-order valence-electron chi connectivity index (χ0n) is 52.0. The van der Waals surface area contributed by atoms with Crippen LogP contribution in [0.1, 0.15) is 166 Å². The van der Waals surface area contributed by atoms with Crippen molar-refractivity contribution in [3.63, 3.8) is 0 Å². The van der Waals surface area contributed by atoms with E-state index in [4.69, 9.17) is 15.2 Å². The SMILES string of the molecule is CC(C)(C)OC(=O)N1CCC(=O)CC1.CC(C)(C)OC(=O)N1CCC(Nc2cccc3c2CN(C2CCC(=O)NC2=O)C3=O)CC1.Nc1cccc2c1CN(C1CCC(=O)NC1=O)C2=O.O=C1CCC(N2Cc3c(NC4CCNCC4)cccc3C2=O)C(=O)N1. The van der Waals surface area contributed by atoms with Gasteiger partial charge in [-0.25, -0.2) is 9.59 Å². The minimum Gasteiger partial charge on any atom is -0.444 e. The molecule has 0 bridgehead atoms. The second-order valence-corrected chi connectivity index (χ2v) is 25.8. The van der Waals surface area contributed by atoms with E-state index in [9.17, 15) is 57.5 Å². The van der Waals surface area contributed by atoms with Crippen molar-refractivity contribution in [2.24, 2.45) is 0 Å². The lowest BCUT2D eigenvalue weighted by Crippen LogP contribution is -2.52. The Kier molecular flexibility index (Phi) is 20.3. The summed E-state index contributed by atoms with van der Waals surface area (Å²) in [4.78, 5) is 151. The number of nitrogens with one attached hydrogen (secondary N) is 6. The van der Waals surface area contributed by atoms with Gasteiger partial charge in [0, 0.05) is 140 Å².